The highest BCUT2D eigenvalue weighted by Gasteiger charge is 2.41. The number of fused-ring (bicyclic) bond motifs is 1. The molecule has 0 saturated carbocycles. The van der Waals surface area contributed by atoms with Crippen LogP contribution in [0.15, 0.2) is 45.7 Å². The maximum Gasteiger partial charge on any atom is 0.269 e. The zero-order chi connectivity index (χ0) is 17.5. The largest absolute Gasteiger partial charge is 0.464 e. The van der Waals surface area contributed by atoms with E-state index < -0.39 is 34.4 Å². The van der Waals surface area contributed by atoms with E-state index in [4.69, 9.17) is 4.42 Å². The van der Waals surface area contributed by atoms with Gasteiger partial charge in [-0.15, -0.1) is 0 Å². The Kier molecular flexibility index (Phi) is 3.92. The number of nitrogens with one attached hydrogen (secondary N) is 1. The van der Waals surface area contributed by atoms with E-state index in [0.29, 0.717) is 15.8 Å². The fourth-order valence-corrected chi connectivity index (χ4v) is 4.09. The number of carbonyl (C=O) groups is 2. The topological polar surface area (TPSA) is 96.7 Å². The molecule has 1 atom stereocenters. The second-order valence-electron chi connectivity index (χ2n) is 5.55. The molecule has 1 aliphatic heterocycles. The maximum absolute atomic E-state index is 12.4. The second-order valence-corrected chi connectivity index (χ2v) is 7.38. The van der Waals surface area contributed by atoms with Crippen molar-refractivity contribution in [3.63, 3.8) is 0 Å². The number of hydrogen-bond acceptors (Lipinski definition) is 5. The lowest BCUT2D eigenvalue weighted by Gasteiger charge is -2.17. The third kappa shape index (κ3) is 2.69. The van der Waals surface area contributed by atoms with Gasteiger partial charge in [-0.25, -0.2) is 12.7 Å². The van der Waals surface area contributed by atoms with E-state index in [9.17, 15) is 18.0 Å². The third-order valence-corrected chi connectivity index (χ3v) is 5.55. The van der Waals surface area contributed by atoms with Crippen molar-refractivity contribution in [3.8, 4) is 0 Å². The van der Waals surface area contributed by atoms with E-state index >= 15 is 0 Å². The molecule has 126 valence electrons. The molecule has 0 spiro atoms. The summed E-state index contributed by atoms with van der Waals surface area (Å²) in [6, 6.07) is 8.97. The maximum atomic E-state index is 12.4. The SMILES string of the molecule is Cc1ccc([C@H](C)NC(=O)CN2C(=O)c3ccccc3S2(=O)=O)o1. The average molecular weight is 348 g/mol. The lowest BCUT2D eigenvalue weighted by molar-refractivity contribution is -0.121. The van der Waals surface area contributed by atoms with Gasteiger partial charge in [-0.05, 0) is 38.1 Å². The first-order chi connectivity index (χ1) is 11.3. The molecule has 8 heteroatoms. The first-order valence-corrected chi connectivity index (χ1v) is 8.76. The van der Waals surface area contributed by atoms with E-state index in [0.717, 1.165) is 0 Å². The molecule has 3 rings (SSSR count). The number of amides is 2. The standard InChI is InChI=1S/C16H16N2O5S/c1-10-7-8-13(23-10)11(2)17-15(19)9-18-16(20)12-5-3-4-6-14(12)24(18,21)22/h3-8,11H,9H2,1-2H3,(H,17,19)/t11-/m0/s1. The highest BCUT2D eigenvalue weighted by molar-refractivity contribution is 7.90. The number of nitrogens with zero attached hydrogens (tertiary/aromatic N) is 1. The molecular weight excluding hydrogens is 332 g/mol. The van der Waals surface area contributed by atoms with Gasteiger partial charge >= 0.3 is 0 Å². The highest BCUT2D eigenvalue weighted by atomic mass is 32.2. The van der Waals surface area contributed by atoms with Crippen molar-refractivity contribution in [2.45, 2.75) is 24.8 Å². The summed E-state index contributed by atoms with van der Waals surface area (Å²) in [5, 5.41) is 2.63. The zero-order valence-electron chi connectivity index (χ0n) is 13.1. The molecule has 2 heterocycles. The Hall–Kier alpha value is -2.61. The molecule has 0 saturated heterocycles. The number of furan rings is 1. The van der Waals surface area contributed by atoms with E-state index in [1.807, 2.05) is 0 Å². The van der Waals surface area contributed by atoms with E-state index in [-0.39, 0.29) is 10.5 Å². The van der Waals surface area contributed by atoms with Gasteiger partial charge in [0, 0.05) is 0 Å². The van der Waals surface area contributed by atoms with Crippen LogP contribution in [0.5, 0.6) is 0 Å². The summed E-state index contributed by atoms with van der Waals surface area (Å²) in [6.45, 7) is 2.93. The molecule has 0 bridgehead atoms. The van der Waals surface area contributed by atoms with Gasteiger partial charge in [0.1, 0.15) is 23.0 Å². The Morgan fingerprint density at radius 3 is 2.58 bits per heavy atom. The predicted octanol–water partition coefficient (Wildman–Crippen LogP) is 1.61. The van der Waals surface area contributed by atoms with Crippen molar-refractivity contribution in [3.05, 3.63) is 53.5 Å². The first-order valence-electron chi connectivity index (χ1n) is 7.32. The molecule has 2 aromatic rings. The Balaban J connectivity index is 1.75. The van der Waals surface area contributed by atoms with Gasteiger partial charge in [-0.3, -0.25) is 9.59 Å². The van der Waals surface area contributed by atoms with Gasteiger partial charge in [-0.2, -0.15) is 0 Å². The molecular formula is C16H16N2O5S. The molecule has 7 nitrogen and oxygen atoms in total. The van der Waals surface area contributed by atoms with Crippen LogP contribution in [-0.4, -0.2) is 31.1 Å². The van der Waals surface area contributed by atoms with E-state index in [1.54, 1.807) is 32.0 Å². The lowest BCUT2D eigenvalue weighted by Crippen LogP contribution is -2.41. The Bertz CT molecular complexity index is 916. The van der Waals surface area contributed by atoms with Gasteiger partial charge in [0.25, 0.3) is 15.9 Å². The van der Waals surface area contributed by atoms with Gasteiger partial charge < -0.3 is 9.73 Å². The van der Waals surface area contributed by atoms with Crippen LogP contribution >= 0.6 is 0 Å². The predicted molar refractivity (Wildman–Crippen MR) is 84.7 cm³/mol. The smallest absolute Gasteiger partial charge is 0.269 e. The van der Waals surface area contributed by atoms with E-state index in [1.165, 1.54) is 18.2 Å². The summed E-state index contributed by atoms with van der Waals surface area (Å²) < 4.78 is 30.8. The summed E-state index contributed by atoms with van der Waals surface area (Å²) in [7, 11) is -3.99. The molecule has 1 aliphatic rings. The summed E-state index contributed by atoms with van der Waals surface area (Å²) in [5.74, 6) is -0.0119. The molecule has 1 aromatic heterocycles. The van der Waals surface area contributed by atoms with Crippen molar-refractivity contribution in [2.24, 2.45) is 0 Å². The highest BCUT2D eigenvalue weighted by Crippen LogP contribution is 2.29. The van der Waals surface area contributed by atoms with Crippen LogP contribution in [-0.2, 0) is 14.8 Å². The monoisotopic (exact) mass is 348 g/mol. The van der Waals surface area contributed by atoms with Crippen molar-refractivity contribution in [1.29, 1.82) is 0 Å². The van der Waals surface area contributed by atoms with Crippen LogP contribution in [0.1, 0.15) is 34.8 Å². The first kappa shape index (κ1) is 16.3. The number of benzene rings is 1. The van der Waals surface area contributed by atoms with Crippen LogP contribution < -0.4 is 5.32 Å². The number of hydrogen-bond donors (Lipinski definition) is 1. The Morgan fingerprint density at radius 2 is 1.96 bits per heavy atom. The van der Waals surface area contributed by atoms with Gasteiger partial charge in [0.05, 0.1) is 11.6 Å². The zero-order valence-corrected chi connectivity index (χ0v) is 14.0. The van der Waals surface area contributed by atoms with Crippen LogP contribution in [0, 0.1) is 6.92 Å². The molecule has 2 amide bonds. The fraction of sp³-hybridized carbons (Fsp3) is 0.250. The molecule has 0 fully saturated rings. The third-order valence-electron chi connectivity index (χ3n) is 3.76. The van der Waals surface area contributed by atoms with Gasteiger partial charge in [-0.1, -0.05) is 12.1 Å². The molecule has 1 N–H and O–H groups in total. The number of aryl methyl sites for hydroxylation is 1. The minimum atomic E-state index is -3.99. The average Bonchev–Trinajstić information content (AvgIpc) is 3.04. The minimum Gasteiger partial charge on any atom is -0.464 e. The number of sulfonamides is 1. The number of rotatable bonds is 4. The quantitative estimate of drug-likeness (QED) is 0.905. The lowest BCUT2D eigenvalue weighted by atomic mass is 10.2. The van der Waals surface area contributed by atoms with Crippen LogP contribution in [0.4, 0.5) is 0 Å². The second kappa shape index (κ2) is 5.79. The van der Waals surface area contributed by atoms with Crippen molar-refractivity contribution in [2.75, 3.05) is 6.54 Å². The van der Waals surface area contributed by atoms with Gasteiger partial charge in [0.15, 0.2) is 0 Å². The summed E-state index contributed by atoms with van der Waals surface area (Å²) in [5.41, 5.74) is 0.0833. The molecule has 24 heavy (non-hydrogen) atoms. The summed E-state index contributed by atoms with van der Waals surface area (Å²) >= 11 is 0. The normalized spacial score (nSPS) is 16.8. The van der Waals surface area contributed by atoms with Crippen molar-refractivity contribution < 1.29 is 22.4 Å². The van der Waals surface area contributed by atoms with Crippen LogP contribution in [0.25, 0.3) is 0 Å². The van der Waals surface area contributed by atoms with Gasteiger partial charge in [0.2, 0.25) is 5.91 Å². The van der Waals surface area contributed by atoms with Crippen molar-refractivity contribution in [1.82, 2.24) is 9.62 Å². The molecule has 0 aliphatic carbocycles. The van der Waals surface area contributed by atoms with Crippen molar-refractivity contribution >= 4 is 21.8 Å². The summed E-state index contributed by atoms with van der Waals surface area (Å²) in [6.07, 6.45) is 0. The molecule has 0 unspecified atom stereocenters. The minimum absolute atomic E-state index is 0.0718. The molecule has 1 aromatic carbocycles. The number of carbonyl (C=O) groups excluding carboxylic acids is 2. The van der Waals surface area contributed by atoms with E-state index in [2.05, 4.69) is 5.32 Å². The Morgan fingerprint density at radius 1 is 1.25 bits per heavy atom. The molecule has 0 radical (unpaired) electrons. The summed E-state index contributed by atoms with van der Waals surface area (Å²) in [4.78, 5) is 24.3. The van der Waals surface area contributed by atoms with Crippen LogP contribution in [0.2, 0.25) is 0 Å². The van der Waals surface area contributed by atoms with Crippen LogP contribution in [0.3, 0.4) is 0 Å². The Labute approximate surface area is 139 Å². The fourth-order valence-electron chi connectivity index (χ4n) is 2.56.